The number of nitrogens with zero attached hydrogens (tertiary/aromatic N) is 1. The fraction of sp³-hybridized carbons (Fsp3) is 0.263. The van der Waals surface area contributed by atoms with E-state index in [4.69, 9.17) is 5.11 Å². The second-order valence-electron chi connectivity index (χ2n) is 5.75. The average molecular weight is 355 g/mol. The molecule has 0 saturated heterocycles. The molecule has 0 radical (unpaired) electrons. The van der Waals surface area contributed by atoms with Crippen molar-refractivity contribution >= 4 is 17.8 Å². The zero-order valence-electron chi connectivity index (χ0n) is 14.2. The molecule has 0 fully saturated rings. The van der Waals surface area contributed by atoms with Crippen LogP contribution in [-0.2, 0) is 16.0 Å². The molecule has 1 aromatic heterocycles. The second-order valence-corrected chi connectivity index (χ2v) is 5.75. The van der Waals surface area contributed by atoms with Gasteiger partial charge in [-0.1, -0.05) is 24.3 Å². The summed E-state index contributed by atoms with van der Waals surface area (Å²) >= 11 is 0. The van der Waals surface area contributed by atoms with E-state index in [1.807, 2.05) is 6.07 Å². The lowest BCUT2D eigenvalue weighted by atomic mass is 10.1. The number of rotatable bonds is 9. The lowest BCUT2D eigenvalue weighted by Crippen LogP contribution is -2.48. The summed E-state index contributed by atoms with van der Waals surface area (Å²) in [5.41, 5.74) is 1.27. The van der Waals surface area contributed by atoms with Gasteiger partial charge in [-0.15, -0.1) is 0 Å². The van der Waals surface area contributed by atoms with Crippen molar-refractivity contribution in [1.82, 2.24) is 15.6 Å². The summed E-state index contributed by atoms with van der Waals surface area (Å²) < 4.78 is 0. The number of carboxylic acid groups (broad SMARTS) is 1. The topological polar surface area (TPSA) is 108 Å². The van der Waals surface area contributed by atoms with E-state index in [0.29, 0.717) is 12.0 Å². The smallest absolute Gasteiger partial charge is 0.303 e. The first-order valence-corrected chi connectivity index (χ1v) is 8.30. The van der Waals surface area contributed by atoms with E-state index in [-0.39, 0.29) is 31.2 Å². The highest BCUT2D eigenvalue weighted by Gasteiger charge is 2.21. The maximum Gasteiger partial charge on any atom is 0.303 e. The van der Waals surface area contributed by atoms with Crippen molar-refractivity contribution in [2.24, 2.45) is 0 Å². The van der Waals surface area contributed by atoms with Crippen LogP contribution in [0.2, 0.25) is 0 Å². The SMILES string of the molecule is O=C(O)CCCNC(=O)C(Cc1cccnc1)NC(=O)c1ccccc1. The van der Waals surface area contributed by atoms with E-state index in [2.05, 4.69) is 15.6 Å². The molecule has 2 rings (SSSR count). The first-order chi connectivity index (χ1) is 12.6. The average Bonchev–Trinajstić information content (AvgIpc) is 2.66. The van der Waals surface area contributed by atoms with E-state index in [0.717, 1.165) is 5.56 Å². The van der Waals surface area contributed by atoms with E-state index in [9.17, 15) is 14.4 Å². The minimum absolute atomic E-state index is 0.0239. The van der Waals surface area contributed by atoms with Gasteiger partial charge in [-0.3, -0.25) is 19.4 Å². The molecular formula is C19H21N3O4. The normalized spacial score (nSPS) is 11.4. The predicted molar refractivity (Wildman–Crippen MR) is 95.5 cm³/mol. The number of aliphatic carboxylic acids is 1. The van der Waals surface area contributed by atoms with Crippen molar-refractivity contribution in [3.63, 3.8) is 0 Å². The van der Waals surface area contributed by atoms with Crippen molar-refractivity contribution in [2.75, 3.05) is 6.54 Å². The molecule has 2 aromatic rings. The van der Waals surface area contributed by atoms with Gasteiger partial charge in [-0.25, -0.2) is 0 Å². The summed E-state index contributed by atoms with van der Waals surface area (Å²) in [6, 6.07) is 11.4. The Morgan fingerprint density at radius 3 is 2.50 bits per heavy atom. The Morgan fingerprint density at radius 1 is 1.08 bits per heavy atom. The van der Waals surface area contributed by atoms with Crippen LogP contribution in [0.15, 0.2) is 54.9 Å². The minimum atomic E-state index is -0.913. The van der Waals surface area contributed by atoms with E-state index >= 15 is 0 Å². The van der Waals surface area contributed by atoms with Gasteiger partial charge in [-0.2, -0.15) is 0 Å². The number of hydrogen-bond donors (Lipinski definition) is 3. The Hall–Kier alpha value is -3.22. The zero-order chi connectivity index (χ0) is 18.8. The molecule has 0 spiro atoms. The largest absolute Gasteiger partial charge is 0.481 e. The molecule has 26 heavy (non-hydrogen) atoms. The number of carbonyl (C=O) groups excluding carboxylic acids is 2. The Labute approximate surface area is 151 Å². The van der Waals surface area contributed by atoms with Crippen LogP contribution >= 0.6 is 0 Å². The van der Waals surface area contributed by atoms with Crippen LogP contribution in [-0.4, -0.2) is 40.5 Å². The number of nitrogens with one attached hydrogen (secondary N) is 2. The molecule has 7 heteroatoms. The Morgan fingerprint density at radius 2 is 1.85 bits per heavy atom. The molecule has 0 aliphatic carbocycles. The Balaban J connectivity index is 2.02. The summed E-state index contributed by atoms with van der Waals surface area (Å²) in [4.78, 5) is 39.4. The number of pyridine rings is 1. The van der Waals surface area contributed by atoms with Crippen molar-refractivity contribution in [3.8, 4) is 0 Å². The maximum absolute atomic E-state index is 12.5. The fourth-order valence-corrected chi connectivity index (χ4v) is 2.37. The molecule has 1 atom stereocenters. The van der Waals surface area contributed by atoms with Gasteiger partial charge in [0.1, 0.15) is 6.04 Å². The van der Waals surface area contributed by atoms with Crippen molar-refractivity contribution in [3.05, 3.63) is 66.0 Å². The first kappa shape index (κ1) is 19.1. The number of benzene rings is 1. The number of carboxylic acids is 1. The summed E-state index contributed by atoms with van der Waals surface area (Å²) in [7, 11) is 0. The molecule has 3 N–H and O–H groups in total. The molecule has 1 unspecified atom stereocenters. The highest BCUT2D eigenvalue weighted by Crippen LogP contribution is 2.05. The second kappa shape index (κ2) is 9.93. The van der Waals surface area contributed by atoms with Crippen molar-refractivity contribution in [1.29, 1.82) is 0 Å². The third-order valence-electron chi connectivity index (χ3n) is 3.69. The summed E-state index contributed by atoms with van der Waals surface area (Å²) in [6.45, 7) is 0.232. The minimum Gasteiger partial charge on any atom is -0.481 e. The quantitative estimate of drug-likeness (QED) is 0.589. The predicted octanol–water partition coefficient (Wildman–Crippen LogP) is 1.40. The Bertz CT molecular complexity index is 735. The number of carbonyl (C=O) groups is 3. The van der Waals surface area contributed by atoms with Crippen LogP contribution in [0, 0.1) is 0 Å². The summed E-state index contributed by atoms with van der Waals surface area (Å²) in [6.07, 6.45) is 3.86. The van der Waals surface area contributed by atoms with Crippen molar-refractivity contribution in [2.45, 2.75) is 25.3 Å². The molecule has 0 saturated carbocycles. The van der Waals surface area contributed by atoms with Gasteiger partial charge in [0.15, 0.2) is 0 Å². The lowest BCUT2D eigenvalue weighted by Gasteiger charge is -2.18. The van der Waals surface area contributed by atoms with E-state index in [1.165, 1.54) is 0 Å². The lowest BCUT2D eigenvalue weighted by molar-refractivity contribution is -0.137. The van der Waals surface area contributed by atoms with Gasteiger partial charge in [0.25, 0.3) is 5.91 Å². The van der Waals surface area contributed by atoms with Crippen LogP contribution in [0.1, 0.15) is 28.8 Å². The zero-order valence-corrected chi connectivity index (χ0v) is 14.2. The summed E-state index contributed by atoms with van der Waals surface area (Å²) in [5.74, 6) is -1.62. The van der Waals surface area contributed by atoms with Crippen LogP contribution in [0.4, 0.5) is 0 Å². The van der Waals surface area contributed by atoms with Crippen LogP contribution in [0.3, 0.4) is 0 Å². The fourth-order valence-electron chi connectivity index (χ4n) is 2.37. The number of aromatic nitrogens is 1. The highest BCUT2D eigenvalue weighted by atomic mass is 16.4. The van der Waals surface area contributed by atoms with E-state index in [1.54, 1.807) is 48.8 Å². The standard InChI is InChI=1S/C19H21N3O4/c23-17(24)9-5-11-21-19(26)16(12-14-6-4-10-20-13-14)22-18(25)15-7-2-1-3-8-15/h1-4,6-8,10,13,16H,5,9,11-12H2,(H,21,26)(H,22,25)(H,23,24). The van der Waals surface area contributed by atoms with Gasteiger partial charge < -0.3 is 15.7 Å². The van der Waals surface area contributed by atoms with Gasteiger partial charge in [0.2, 0.25) is 5.91 Å². The van der Waals surface area contributed by atoms with Crippen LogP contribution in [0.5, 0.6) is 0 Å². The van der Waals surface area contributed by atoms with E-state index < -0.39 is 12.0 Å². The van der Waals surface area contributed by atoms with Gasteiger partial charge >= 0.3 is 5.97 Å². The van der Waals surface area contributed by atoms with Gasteiger partial charge in [-0.05, 0) is 30.2 Å². The third kappa shape index (κ3) is 6.35. The molecule has 0 bridgehead atoms. The van der Waals surface area contributed by atoms with Crippen LogP contribution < -0.4 is 10.6 Å². The molecule has 0 aliphatic rings. The first-order valence-electron chi connectivity index (χ1n) is 8.30. The monoisotopic (exact) mass is 355 g/mol. The third-order valence-corrected chi connectivity index (χ3v) is 3.69. The summed E-state index contributed by atoms with van der Waals surface area (Å²) in [5, 5.41) is 14.1. The van der Waals surface area contributed by atoms with Gasteiger partial charge in [0, 0.05) is 37.3 Å². The van der Waals surface area contributed by atoms with Crippen LogP contribution in [0.25, 0.3) is 0 Å². The molecule has 136 valence electrons. The van der Waals surface area contributed by atoms with Gasteiger partial charge in [0.05, 0.1) is 0 Å². The molecule has 1 heterocycles. The molecule has 0 aliphatic heterocycles. The highest BCUT2D eigenvalue weighted by molar-refractivity contribution is 5.97. The molecule has 7 nitrogen and oxygen atoms in total. The number of amides is 2. The maximum atomic E-state index is 12.5. The Kier molecular flexibility index (Phi) is 7.30. The van der Waals surface area contributed by atoms with Crippen molar-refractivity contribution < 1.29 is 19.5 Å². The molecule has 1 aromatic carbocycles. The molecule has 2 amide bonds. The molecular weight excluding hydrogens is 334 g/mol. The number of hydrogen-bond acceptors (Lipinski definition) is 4.